The highest BCUT2D eigenvalue weighted by molar-refractivity contribution is 7.20. The fraction of sp³-hybridized carbons (Fsp3) is 0.0714. The van der Waals surface area contributed by atoms with Crippen LogP contribution in [0.1, 0.15) is 10.4 Å². The summed E-state index contributed by atoms with van der Waals surface area (Å²) in [5, 5.41) is 18.1. The van der Waals surface area contributed by atoms with E-state index < -0.39 is 24.2 Å². The summed E-state index contributed by atoms with van der Waals surface area (Å²) in [6.45, 7) is 0. The molecule has 0 bridgehead atoms. The normalized spacial score (nSPS) is 11.3. The topological polar surface area (TPSA) is 114 Å². The largest absolute Gasteiger partial charge is 0.573 e. The van der Waals surface area contributed by atoms with E-state index in [1.807, 2.05) is 0 Å². The minimum absolute atomic E-state index is 0.0768. The van der Waals surface area contributed by atoms with E-state index in [1.54, 1.807) is 0 Å². The van der Waals surface area contributed by atoms with Crippen LogP contribution in [0, 0.1) is 0 Å². The second-order valence-corrected chi connectivity index (χ2v) is 5.79. The molecule has 2 aromatic heterocycles. The number of carbonyl (C=O) groups excluding carboxylic acids is 1. The predicted molar refractivity (Wildman–Crippen MR) is 83.7 cm³/mol. The molecule has 0 saturated carbocycles. The monoisotopic (exact) mass is 387 g/mol. The van der Waals surface area contributed by atoms with Gasteiger partial charge in [-0.05, 0) is 24.3 Å². The lowest BCUT2D eigenvalue weighted by Gasteiger charge is -2.09. The molecule has 26 heavy (non-hydrogen) atoms. The summed E-state index contributed by atoms with van der Waals surface area (Å²) in [5.74, 6) is -0.953. The van der Waals surface area contributed by atoms with Crippen LogP contribution in [-0.4, -0.2) is 33.7 Å². The molecule has 0 unspecified atom stereocenters. The van der Waals surface area contributed by atoms with Gasteiger partial charge in [-0.15, -0.1) is 13.2 Å². The van der Waals surface area contributed by atoms with Gasteiger partial charge in [0.15, 0.2) is 10.9 Å². The molecule has 2 heterocycles. The number of amides is 1. The standard InChI is InChI=1S/C14H8F3N3O5S/c15-14(16,17)25-7-3-1-6(2-4-7)11(21)18-10-8-5-9(24-13(22)23)26-12(8)20-19-10/h1-5H,(H,22,23)(H2,18,19,20,21). The molecule has 3 aromatic rings. The van der Waals surface area contributed by atoms with Gasteiger partial charge in [-0.1, -0.05) is 11.3 Å². The van der Waals surface area contributed by atoms with Crippen molar-refractivity contribution >= 4 is 39.4 Å². The van der Waals surface area contributed by atoms with Gasteiger partial charge in [0.2, 0.25) is 0 Å². The smallest absolute Gasteiger partial charge is 0.449 e. The quantitative estimate of drug-likeness (QED) is 0.587. The van der Waals surface area contributed by atoms with E-state index in [4.69, 9.17) is 5.11 Å². The Balaban J connectivity index is 1.74. The number of hydrogen-bond acceptors (Lipinski definition) is 6. The van der Waals surface area contributed by atoms with Crippen LogP contribution >= 0.6 is 11.3 Å². The lowest BCUT2D eigenvalue weighted by Crippen LogP contribution is -2.17. The van der Waals surface area contributed by atoms with E-state index in [2.05, 4.69) is 25.0 Å². The minimum Gasteiger partial charge on any atom is -0.449 e. The summed E-state index contributed by atoms with van der Waals surface area (Å²) < 4.78 is 44.6. The molecule has 0 spiro atoms. The second kappa shape index (κ2) is 6.55. The Kier molecular flexibility index (Phi) is 4.42. The van der Waals surface area contributed by atoms with Gasteiger partial charge in [0.25, 0.3) is 5.91 Å². The van der Waals surface area contributed by atoms with Crippen molar-refractivity contribution in [1.82, 2.24) is 10.2 Å². The molecule has 3 rings (SSSR count). The van der Waals surface area contributed by atoms with E-state index >= 15 is 0 Å². The molecular formula is C14H8F3N3O5S. The van der Waals surface area contributed by atoms with Crippen molar-refractivity contribution in [3.05, 3.63) is 35.9 Å². The van der Waals surface area contributed by atoms with Crippen molar-refractivity contribution in [3.63, 3.8) is 0 Å². The second-order valence-electron chi connectivity index (χ2n) is 4.77. The van der Waals surface area contributed by atoms with E-state index in [0.717, 1.165) is 35.6 Å². The summed E-state index contributed by atoms with van der Waals surface area (Å²) in [6.07, 6.45) is -6.30. The zero-order chi connectivity index (χ0) is 18.9. The number of alkyl halides is 3. The van der Waals surface area contributed by atoms with Crippen molar-refractivity contribution in [2.45, 2.75) is 6.36 Å². The van der Waals surface area contributed by atoms with Crippen LogP contribution in [0.15, 0.2) is 30.3 Å². The summed E-state index contributed by atoms with van der Waals surface area (Å²) in [6, 6.07) is 5.71. The highest BCUT2D eigenvalue weighted by Gasteiger charge is 2.31. The minimum atomic E-state index is -4.82. The molecule has 1 aromatic carbocycles. The molecule has 0 saturated heterocycles. The number of nitrogens with zero attached hydrogens (tertiary/aromatic N) is 1. The van der Waals surface area contributed by atoms with Gasteiger partial charge in [-0.2, -0.15) is 5.10 Å². The molecule has 8 nitrogen and oxygen atoms in total. The number of aromatic nitrogens is 2. The highest BCUT2D eigenvalue weighted by Crippen LogP contribution is 2.34. The van der Waals surface area contributed by atoms with Crippen LogP contribution in [0.3, 0.4) is 0 Å². The Morgan fingerprint density at radius 2 is 1.92 bits per heavy atom. The van der Waals surface area contributed by atoms with Crippen molar-refractivity contribution in [2.75, 3.05) is 5.32 Å². The molecule has 0 radical (unpaired) electrons. The van der Waals surface area contributed by atoms with E-state index in [9.17, 15) is 22.8 Å². The molecule has 0 atom stereocenters. The third kappa shape index (κ3) is 4.03. The van der Waals surface area contributed by atoms with E-state index in [0.29, 0.717) is 10.2 Å². The summed E-state index contributed by atoms with van der Waals surface area (Å²) in [7, 11) is 0. The number of fused-ring (bicyclic) bond motifs is 1. The third-order valence-corrected chi connectivity index (χ3v) is 3.92. The molecule has 0 aliphatic carbocycles. The van der Waals surface area contributed by atoms with Crippen molar-refractivity contribution in [3.8, 4) is 10.8 Å². The van der Waals surface area contributed by atoms with Crippen molar-refractivity contribution in [2.24, 2.45) is 0 Å². The number of H-pyrrole nitrogens is 1. The first-order chi connectivity index (χ1) is 12.2. The van der Waals surface area contributed by atoms with Crippen LogP contribution in [0.5, 0.6) is 10.8 Å². The first-order valence-corrected chi connectivity index (χ1v) is 7.59. The maximum Gasteiger partial charge on any atom is 0.573 e. The Bertz CT molecular complexity index is 965. The Morgan fingerprint density at radius 3 is 2.54 bits per heavy atom. The Hall–Kier alpha value is -3.28. The van der Waals surface area contributed by atoms with Gasteiger partial charge >= 0.3 is 12.5 Å². The number of hydrogen-bond donors (Lipinski definition) is 3. The van der Waals surface area contributed by atoms with Gasteiger partial charge in [0, 0.05) is 11.6 Å². The summed E-state index contributed by atoms with van der Waals surface area (Å²) in [4.78, 5) is 23.2. The number of carboxylic acid groups (broad SMARTS) is 1. The predicted octanol–water partition coefficient (Wildman–Crippen LogP) is 3.83. The number of thiophene rings is 1. The number of ether oxygens (including phenoxy) is 2. The van der Waals surface area contributed by atoms with Crippen LogP contribution in [-0.2, 0) is 0 Å². The average Bonchev–Trinajstić information content (AvgIpc) is 3.07. The van der Waals surface area contributed by atoms with Crippen LogP contribution in [0.4, 0.5) is 23.8 Å². The first kappa shape index (κ1) is 17.5. The number of nitrogens with one attached hydrogen (secondary N) is 2. The molecule has 1 amide bonds. The molecule has 0 aliphatic rings. The van der Waals surface area contributed by atoms with E-state index in [-0.39, 0.29) is 16.4 Å². The number of carbonyl (C=O) groups is 2. The van der Waals surface area contributed by atoms with Gasteiger partial charge in [0.05, 0.1) is 5.39 Å². The molecule has 12 heteroatoms. The van der Waals surface area contributed by atoms with E-state index in [1.165, 1.54) is 6.07 Å². The highest BCUT2D eigenvalue weighted by atomic mass is 32.1. The number of halogens is 3. The average molecular weight is 387 g/mol. The maximum atomic E-state index is 12.2. The van der Waals surface area contributed by atoms with Gasteiger partial charge in [0.1, 0.15) is 10.6 Å². The summed E-state index contributed by atoms with van der Waals surface area (Å²) in [5.41, 5.74) is 0.0768. The molecule has 3 N–H and O–H groups in total. The van der Waals surface area contributed by atoms with Crippen LogP contribution in [0.2, 0.25) is 0 Å². The van der Waals surface area contributed by atoms with Crippen molar-refractivity contribution < 1.29 is 37.3 Å². The fourth-order valence-corrected chi connectivity index (χ4v) is 2.86. The molecular weight excluding hydrogens is 379 g/mol. The molecule has 0 aliphatic heterocycles. The fourth-order valence-electron chi connectivity index (χ4n) is 2.01. The number of aromatic amines is 1. The van der Waals surface area contributed by atoms with Crippen molar-refractivity contribution in [1.29, 1.82) is 0 Å². The summed E-state index contributed by atoms with van der Waals surface area (Å²) >= 11 is 0.981. The van der Waals surface area contributed by atoms with Crippen LogP contribution < -0.4 is 14.8 Å². The molecule has 0 fully saturated rings. The lowest BCUT2D eigenvalue weighted by molar-refractivity contribution is -0.274. The number of benzene rings is 1. The Morgan fingerprint density at radius 1 is 1.23 bits per heavy atom. The lowest BCUT2D eigenvalue weighted by atomic mass is 10.2. The Labute approximate surface area is 146 Å². The number of rotatable bonds is 4. The van der Waals surface area contributed by atoms with Gasteiger partial charge in [-0.3, -0.25) is 9.89 Å². The van der Waals surface area contributed by atoms with Gasteiger partial charge in [-0.25, -0.2) is 4.79 Å². The SMILES string of the molecule is O=C(O)Oc1cc2c(NC(=O)c3ccc(OC(F)(F)F)cc3)n[nH]c2s1. The molecule has 136 valence electrons. The zero-order valence-corrected chi connectivity index (χ0v) is 13.3. The van der Waals surface area contributed by atoms with Crippen LogP contribution in [0.25, 0.3) is 10.2 Å². The first-order valence-electron chi connectivity index (χ1n) is 6.77. The van der Waals surface area contributed by atoms with Gasteiger partial charge < -0.3 is 19.9 Å². The third-order valence-electron chi connectivity index (χ3n) is 3.00. The zero-order valence-electron chi connectivity index (χ0n) is 12.5. The number of anilines is 1. The maximum absolute atomic E-state index is 12.2.